The van der Waals surface area contributed by atoms with Crippen LogP contribution in [0.4, 0.5) is 5.95 Å². The smallest absolute Gasteiger partial charge is 0.255 e. The van der Waals surface area contributed by atoms with Crippen molar-refractivity contribution in [3.8, 4) is 22.4 Å². The van der Waals surface area contributed by atoms with Crippen molar-refractivity contribution in [3.05, 3.63) is 101 Å². The maximum atomic E-state index is 13.3. The fraction of sp³-hybridized carbons (Fsp3) is 0.214. The zero-order valence-corrected chi connectivity index (χ0v) is 19.4. The van der Waals surface area contributed by atoms with Crippen LogP contribution in [0.3, 0.4) is 0 Å². The summed E-state index contributed by atoms with van der Waals surface area (Å²) < 4.78 is 1.60. The molecule has 2 aliphatic rings. The third-order valence-corrected chi connectivity index (χ3v) is 7.08. The first-order valence-electron chi connectivity index (χ1n) is 11.8. The van der Waals surface area contributed by atoms with Crippen molar-refractivity contribution in [2.75, 3.05) is 18.0 Å². The van der Waals surface area contributed by atoms with Crippen molar-refractivity contribution in [3.63, 3.8) is 0 Å². The van der Waals surface area contributed by atoms with Gasteiger partial charge in [0.15, 0.2) is 0 Å². The number of pyridine rings is 1. The minimum Gasteiger partial charge on any atom is -0.335 e. The van der Waals surface area contributed by atoms with E-state index < -0.39 is 0 Å². The molecule has 2 fully saturated rings. The Labute approximate surface area is 203 Å². The standard InChI is InChI=1S/C28H25N5O2/c1-31-26(34)16-25(21-11-13-29-14-12-21)30-28(31)33-18-23-15-24(33)17-32(23)27(35)22-9-7-20(8-10-22)19-5-3-2-4-6-19/h2-14,16,23-24H,15,17-18H2,1H3. The van der Waals surface area contributed by atoms with Gasteiger partial charge < -0.3 is 9.80 Å². The van der Waals surface area contributed by atoms with Gasteiger partial charge in [-0.05, 0) is 41.8 Å². The Kier molecular flexibility index (Phi) is 5.17. The van der Waals surface area contributed by atoms with E-state index in [0.717, 1.165) is 23.1 Å². The highest BCUT2D eigenvalue weighted by molar-refractivity contribution is 5.95. The summed E-state index contributed by atoms with van der Waals surface area (Å²) in [4.78, 5) is 39.1. The van der Waals surface area contributed by atoms with E-state index in [1.165, 1.54) is 0 Å². The van der Waals surface area contributed by atoms with Gasteiger partial charge >= 0.3 is 0 Å². The van der Waals surface area contributed by atoms with Crippen LogP contribution in [0.5, 0.6) is 0 Å². The number of amides is 1. The molecule has 2 atom stereocenters. The minimum absolute atomic E-state index is 0.0594. The van der Waals surface area contributed by atoms with Crippen LogP contribution in [0.1, 0.15) is 16.8 Å². The summed E-state index contributed by atoms with van der Waals surface area (Å²) in [7, 11) is 1.75. The molecule has 0 radical (unpaired) electrons. The second-order valence-corrected chi connectivity index (χ2v) is 9.17. The number of carbonyl (C=O) groups excluding carboxylic acids is 1. The molecule has 2 aromatic carbocycles. The Balaban J connectivity index is 1.21. The van der Waals surface area contributed by atoms with Gasteiger partial charge in [-0.25, -0.2) is 4.98 Å². The number of aromatic nitrogens is 3. The van der Waals surface area contributed by atoms with Crippen molar-refractivity contribution in [2.24, 2.45) is 7.05 Å². The molecule has 4 aromatic rings. The molecule has 0 aliphatic carbocycles. The number of anilines is 1. The van der Waals surface area contributed by atoms with Gasteiger partial charge in [0, 0.05) is 49.7 Å². The van der Waals surface area contributed by atoms with E-state index in [2.05, 4.69) is 22.0 Å². The molecule has 0 N–H and O–H groups in total. The maximum Gasteiger partial charge on any atom is 0.255 e. The topological polar surface area (TPSA) is 71.3 Å². The Morgan fingerprint density at radius 3 is 2.26 bits per heavy atom. The average molecular weight is 464 g/mol. The summed E-state index contributed by atoms with van der Waals surface area (Å²) >= 11 is 0. The van der Waals surface area contributed by atoms with E-state index in [4.69, 9.17) is 4.98 Å². The number of fused-ring (bicyclic) bond motifs is 2. The van der Waals surface area contributed by atoms with E-state index in [0.29, 0.717) is 30.3 Å². The predicted molar refractivity (Wildman–Crippen MR) is 135 cm³/mol. The molecule has 35 heavy (non-hydrogen) atoms. The highest BCUT2D eigenvalue weighted by Crippen LogP contribution is 2.35. The Morgan fingerprint density at radius 1 is 0.857 bits per heavy atom. The molecular weight excluding hydrogens is 438 g/mol. The van der Waals surface area contributed by atoms with Crippen LogP contribution in [-0.4, -0.2) is 50.5 Å². The van der Waals surface area contributed by atoms with Crippen molar-refractivity contribution >= 4 is 11.9 Å². The Bertz CT molecular complexity index is 1430. The van der Waals surface area contributed by atoms with Gasteiger partial charge in [-0.2, -0.15) is 0 Å². The lowest BCUT2D eigenvalue weighted by molar-refractivity contribution is 0.0725. The summed E-state index contributed by atoms with van der Waals surface area (Å²) in [5, 5.41) is 0. The van der Waals surface area contributed by atoms with Gasteiger partial charge in [0.1, 0.15) is 0 Å². The van der Waals surface area contributed by atoms with Crippen molar-refractivity contribution in [2.45, 2.75) is 18.5 Å². The SMILES string of the molecule is Cn1c(N2CC3CC2CN3C(=O)c2ccc(-c3ccccc3)cc2)nc(-c2ccncc2)cc1=O. The summed E-state index contributed by atoms with van der Waals surface area (Å²) in [6, 6.07) is 23.5. The number of benzene rings is 2. The zero-order valence-electron chi connectivity index (χ0n) is 19.4. The predicted octanol–water partition coefficient (Wildman–Crippen LogP) is 3.61. The maximum absolute atomic E-state index is 13.3. The van der Waals surface area contributed by atoms with Crippen molar-refractivity contribution < 1.29 is 4.79 Å². The van der Waals surface area contributed by atoms with Crippen molar-refractivity contribution in [1.82, 2.24) is 19.4 Å². The van der Waals surface area contributed by atoms with Crippen LogP contribution in [0.2, 0.25) is 0 Å². The Hall–Kier alpha value is -4.26. The fourth-order valence-corrected chi connectivity index (χ4v) is 5.22. The van der Waals surface area contributed by atoms with Crippen LogP contribution in [0, 0.1) is 0 Å². The molecule has 7 nitrogen and oxygen atoms in total. The quantitative estimate of drug-likeness (QED) is 0.462. The third kappa shape index (κ3) is 3.79. The monoisotopic (exact) mass is 463 g/mol. The summed E-state index contributed by atoms with van der Waals surface area (Å²) in [5.41, 5.74) is 4.33. The Morgan fingerprint density at radius 2 is 1.57 bits per heavy atom. The van der Waals surface area contributed by atoms with Gasteiger partial charge in [-0.15, -0.1) is 0 Å². The molecule has 1 amide bonds. The van der Waals surface area contributed by atoms with Gasteiger partial charge in [-0.3, -0.25) is 19.1 Å². The number of rotatable bonds is 4. The lowest BCUT2D eigenvalue weighted by Crippen LogP contribution is -2.50. The van der Waals surface area contributed by atoms with Gasteiger partial charge in [-0.1, -0.05) is 42.5 Å². The van der Waals surface area contributed by atoms with E-state index in [1.807, 2.05) is 59.5 Å². The van der Waals surface area contributed by atoms with E-state index in [1.54, 1.807) is 30.1 Å². The van der Waals surface area contributed by atoms with Gasteiger partial charge in [0.25, 0.3) is 11.5 Å². The summed E-state index contributed by atoms with van der Waals surface area (Å²) in [6.07, 6.45) is 4.27. The van der Waals surface area contributed by atoms with E-state index in [-0.39, 0.29) is 23.6 Å². The number of nitrogens with zero attached hydrogens (tertiary/aromatic N) is 5. The first-order valence-corrected chi connectivity index (χ1v) is 11.8. The van der Waals surface area contributed by atoms with Crippen LogP contribution in [0.25, 0.3) is 22.4 Å². The third-order valence-electron chi connectivity index (χ3n) is 7.08. The second kappa shape index (κ2) is 8.51. The lowest BCUT2D eigenvalue weighted by atomic mass is 10.0. The number of hydrogen-bond donors (Lipinski definition) is 0. The molecule has 2 aliphatic heterocycles. The van der Waals surface area contributed by atoms with Crippen molar-refractivity contribution in [1.29, 1.82) is 0 Å². The zero-order chi connectivity index (χ0) is 23.9. The van der Waals surface area contributed by atoms with Gasteiger partial charge in [0.2, 0.25) is 5.95 Å². The highest BCUT2D eigenvalue weighted by atomic mass is 16.2. The first-order chi connectivity index (χ1) is 17.1. The number of likely N-dealkylation sites (tertiary alicyclic amines) is 1. The highest BCUT2D eigenvalue weighted by Gasteiger charge is 2.46. The molecule has 0 spiro atoms. The molecule has 2 unspecified atom stereocenters. The molecule has 4 heterocycles. The molecule has 2 aromatic heterocycles. The van der Waals surface area contributed by atoms with Crippen LogP contribution < -0.4 is 10.5 Å². The molecule has 6 rings (SSSR count). The van der Waals surface area contributed by atoms with Crippen LogP contribution in [0.15, 0.2) is 90.0 Å². The van der Waals surface area contributed by atoms with E-state index >= 15 is 0 Å². The fourth-order valence-electron chi connectivity index (χ4n) is 5.22. The van der Waals surface area contributed by atoms with Gasteiger partial charge in [0.05, 0.1) is 17.8 Å². The lowest BCUT2D eigenvalue weighted by Gasteiger charge is -2.35. The van der Waals surface area contributed by atoms with Crippen LogP contribution >= 0.6 is 0 Å². The molecule has 0 saturated carbocycles. The number of piperazine rings is 1. The number of hydrogen-bond acceptors (Lipinski definition) is 5. The summed E-state index contributed by atoms with van der Waals surface area (Å²) in [5.74, 6) is 0.709. The molecule has 2 bridgehead atoms. The largest absolute Gasteiger partial charge is 0.335 e. The molecule has 174 valence electrons. The molecular formula is C28H25N5O2. The summed E-state index contributed by atoms with van der Waals surface area (Å²) in [6.45, 7) is 1.29. The molecule has 7 heteroatoms. The van der Waals surface area contributed by atoms with E-state index in [9.17, 15) is 9.59 Å². The van der Waals surface area contributed by atoms with Crippen LogP contribution in [-0.2, 0) is 7.05 Å². The first kappa shape index (κ1) is 21.3. The number of carbonyl (C=O) groups is 1. The minimum atomic E-state index is -0.101. The normalized spacial score (nSPS) is 18.8. The molecule has 2 saturated heterocycles. The average Bonchev–Trinajstić information content (AvgIpc) is 3.52. The second-order valence-electron chi connectivity index (χ2n) is 9.17.